The fraction of sp³-hybridized carbons (Fsp3) is 0.500. The van der Waals surface area contributed by atoms with Gasteiger partial charge < -0.3 is 10.2 Å². The number of carbonyl (C=O) groups is 3. The molecule has 6 heteroatoms. The molecule has 1 saturated carbocycles. The third kappa shape index (κ3) is 2.88. The lowest BCUT2D eigenvalue weighted by molar-refractivity contribution is -0.135. The predicted molar refractivity (Wildman–Crippen MR) is 90.6 cm³/mol. The van der Waals surface area contributed by atoms with Crippen LogP contribution in [0.15, 0.2) is 24.3 Å². The number of hydrogen-bond donors (Lipinski definition) is 1. The van der Waals surface area contributed by atoms with E-state index in [0.29, 0.717) is 12.8 Å². The number of hydrogen-bond acceptors (Lipinski definition) is 3. The lowest BCUT2D eigenvalue weighted by Crippen LogP contribution is -2.49. The number of amides is 4. The van der Waals surface area contributed by atoms with E-state index in [-0.39, 0.29) is 18.4 Å². The number of imide groups is 1. The maximum Gasteiger partial charge on any atom is 0.325 e. The Morgan fingerprint density at radius 3 is 2.62 bits per heavy atom. The summed E-state index contributed by atoms with van der Waals surface area (Å²) in [5, 5.41) is 2.83. The molecule has 2 aliphatic rings. The van der Waals surface area contributed by atoms with Gasteiger partial charge in [-0.3, -0.25) is 14.5 Å². The van der Waals surface area contributed by atoms with Crippen LogP contribution in [-0.2, 0) is 9.59 Å². The zero-order valence-electron chi connectivity index (χ0n) is 14.2. The average molecular weight is 329 g/mol. The van der Waals surface area contributed by atoms with Crippen molar-refractivity contribution in [3.63, 3.8) is 0 Å². The minimum absolute atomic E-state index is 0.225. The Hall–Kier alpha value is -2.37. The first kappa shape index (κ1) is 16.5. The van der Waals surface area contributed by atoms with Crippen LogP contribution >= 0.6 is 0 Å². The van der Waals surface area contributed by atoms with Gasteiger partial charge in [0.25, 0.3) is 5.91 Å². The van der Waals surface area contributed by atoms with Gasteiger partial charge in [0.1, 0.15) is 12.1 Å². The Kier molecular flexibility index (Phi) is 4.30. The van der Waals surface area contributed by atoms with Crippen LogP contribution in [0.25, 0.3) is 0 Å². The van der Waals surface area contributed by atoms with Crippen molar-refractivity contribution in [2.45, 2.75) is 44.6 Å². The fourth-order valence-electron chi connectivity index (χ4n) is 3.54. The molecule has 0 unspecified atom stereocenters. The topological polar surface area (TPSA) is 69.7 Å². The van der Waals surface area contributed by atoms with E-state index in [2.05, 4.69) is 5.32 Å². The Labute approximate surface area is 141 Å². The molecule has 2 fully saturated rings. The standard InChI is InChI=1S/C18H23N3O3/c1-13-7-6-8-14(11-13)20(2)15(22)12-21-16(23)18(19-17(21)24)9-4-3-5-10-18/h6-8,11H,3-5,9-10,12H2,1-2H3,(H,19,24). The summed E-state index contributed by atoms with van der Waals surface area (Å²) < 4.78 is 0. The summed E-state index contributed by atoms with van der Waals surface area (Å²) in [6.07, 6.45) is 4.26. The number of carbonyl (C=O) groups excluding carboxylic acids is 3. The van der Waals surface area contributed by atoms with Gasteiger partial charge in [0.15, 0.2) is 0 Å². The monoisotopic (exact) mass is 329 g/mol. The molecule has 1 N–H and O–H groups in total. The summed E-state index contributed by atoms with van der Waals surface area (Å²) >= 11 is 0. The molecule has 24 heavy (non-hydrogen) atoms. The highest BCUT2D eigenvalue weighted by Crippen LogP contribution is 2.33. The lowest BCUT2D eigenvalue weighted by atomic mass is 9.82. The van der Waals surface area contributed by atoms with Gasteiger partial charge in [-0.15, -0.1) is 0 Å². The molecule has 128 valence electrons. The number of aryl methyl sites for hydroxylation is 1. The summed E-state index contributed by atoms with van der Waals surface area (Å²) in [4.78, 5) is 40.0. The maximum atomic E-state index is 12.7. The van der Waals surface area contributed by atoms with Crippen molar-refractivity contribution in [1.29, 1.82) is 0 Å². The van der Waals surface area contributed by atoms with Crippen molar-refractivity contribution in [1.82, 2.24) is 10.2 Å². The van der Waals surface area contributed by atoms with E-state index in [4.69, 9.17) is 0 Å². The Balaban J connectivity index is 1.72. The quantitative estimate of drug-likeness (QED) is 0.865. The molecule has 1 saturated heterocycles. The van der Waals surface area contributed by atoms with Crippen LogP contribution in [0.2, 0.25) is 0 Å². The number of likely N-dealkylation sites (N-methyl/N-ethyl adjacent to an activating group) is 1. The van der Waals surface area contributed by atoms with Crippen LogP contribution in [0.3, 0.4) is 0 Å². The Morgan fingerprint density at radius 1 is 1.25 bits per heavy atom. The second kappa shape index (κ2) is 6.26. The van der Waals surface area contributed by atoms with Gasteiger partial charge in [-0.1, -0.05) is 31.4 Å². The van der Waals surface area contributed by atoms with Gasteiger partial charge >= 0.3 is 6.03 Å². The Morgan fingerprint density at radius 2 is 1.96 bits per heavy atom. The molecule has 1 aliphatic carbocycles. The number of nitrogens with one attached hydrogen (secondary N) is 1. The molecule has 6 nitrogen and oxygen atoms in total. The van der Waals surface area contributed by atoms with Crippen molar-refractivity contribution >= 4 is 23.5 Å². The molecule has 1 aliphatic heterocycles. The highest BCUT2D eigenvalue weighted by Gasteiger charge is 2.51. The van der Waals surface area contributed by atoms with Crippen molar-refractivity contribution in [3.8, 4) is 0 Å². The zero-order chi connectivity index (χ0) is 17.3. The summed E-state index contributed by atoms with van der Waals surface area (Å²) in [6.45, 7) is 1.73. The van der Waals surface area contributed by atoms with E-state index in [0.717, 1.165) is 35.4 Å². The fourth-order valence-corrected chi connectivity index (χ4v) is 3.54. The molecular formula is C18H23N3O3. The minimum Gasteiger partial charge on any atom is -0.323 e. The molecule has 0 atom stereocenters. The molecular weight excluding hydrogens is 306 g/mol. The number of nitrogens with zero attached hydrogens (tertiary/aromatic N) is 2. The van der Waals surface area contributed by atoms with Gasteiger partial charge in [-0.05, 0) is 37.5 Å². The molecule has 1 heterocycles. The summed E-state index contributed by atoms with van der Waals surface area (Å²) in [5.41, 5.74) is 1.01. The van der Waals surface area contributed by atoms with E-state index in [1.54, 1.807) is 7.05 Å². The van der Waals surface area contributed by atoms with E-state index in [9.17, 15) is 14.4 Å². The van der Waals surface area contributed by atoms with Gasteiger partial charge in [0.05, 0.1) is 0 Å². The van der Waals surface area contributed by atoms with Crippen LogP contribution < -0.4 is 10.2 Å². The predicted octanol–water partition coefficient (Wildman–Crippen LogP) is 2.21. The first-order valence-electron chi connectivity index (χ1n) is 8.40. The third-order valence-electron chi connectivity index (χ3n) is 5.01. The van der Waals surface area contributed by atoms with Crippen molar-refractivity contribution in [2.24, 2.45) is 0 Å². The van der Waals surface area contributed by atoms with Crippen LogP contribution in [0.4, 0.5) is 10.5 Å². The van der Waals surface area contributed by atoms with Gasteiger partial charge in [-0.25, -0.2) is 4.79 Å². The second-order valence-corrected chi connectivity index (χ2v) is 6.76. The molecule has 0 aromatic heterocycles. The molecule has 1 spiro atoms. The van der Waals surface area contributed by atoms with Gasteiger partial charge in [0.2, 0.25) is 5.91 Å². The van der Waals surface area contributed by atoms with Gasteiger partial charge in [-0.2, -0.15) is 0 Å². The molecule has 1 aromatic rings. The molecule has 0 bridgehead atoms. The van der Waals surface area contributed by atoms with Crippen molar-refractivity contribution < 1.29 is 14.4 Å². The normalized spacial score (nSPS) is 19.5. The molecule has 4 amide bonds. The van der Waals surface area contributed by atoms with Crippen LogP contribution in [-0.4, -0.2) is 41.9 Å². The van der Waals surface area contributed by atoms with Crippen LogP contribution in [0.1, 0.15) is 37.7 Å². The number of anilines is 1. The highest BCUT2D eigenvalue weighted by molar-refractivity contribution is 6.10. The SMILES string of the molecule is Cc1cccc(N(C)C(=O)CN2C(=O)NC3(CCCCC3)C2=O)c1. The summed E-state index contributed by atoms with van der Waals surface area (Å²) in [7, 11) is 1.66. The largest absolute Gasteiger partial charge is 0.325 e. The van der Waals surface area contributed by atoms with Crippen molar-refractivity contribution in [2.75, 3.05) is 18.5 Å². The zero-order valence-corrected chi connectivity index (χ0v) is 14.2. The first-order chi connectivity index (χ1) is 11.4. The van der Waals surface area contributed by atoms with Crippen LogP contribution in [0, 0.1) is 6.92 Å². The molecule has 3 rings (SSSR count). The van der Waals surface area contributed by atoms with Gasteiger partial charge in [0, 0.05) is 12.7 Å². The minimum atomic E-state index is -0.780. The number of benzene rings is 1. The average Bonchev–Trinajstić information content (AvgIpc) is 2.79. The Bertz CT molecular complexity index is 680. The summed E-state index contributed by atoms with van der Waals surface area (Å²) in [5.74, 6) is -0.532. The van der Waals surface area contributed by atoms with E-state index < -0.39 is 11.6 Å². The van der Waals surface area contributed by atoms with Crippen LogP contribution in [0.5, 0.6) is 0 Å². The molecule has 1 aromatic carbocycles. The van der Waals surface area contributed by atoms with E-state index in [1.165, 1.54) is 4.90 Å². The van der Waals surface area contributed by atoms with Crippen molar-refractivity contribution in [3.05, 3.63) is 29.8 Å². The number of rotatable bonds is 3. The number of urea groups is 1. The highest BCUT2D eigenvalue weighted by atomic mass is 16.2. The van der Waals surface area contributed by atoms with E-state index in [1.807, 2.05) is 31.2 Å². The molecule has 0 radical (unpaired) electrons. The smallest absolute Gasteiger partial charge is 0.323 e. The lowest BCUT2D eigenvalue weighted by Gasteiger charge is -2.30. The third-order valence-corrected chi connectivity index (χ3v) is 5.01. The second-order valence-electron chi connectivity index (χ2n) is 6.76. The van der Waals surface area contributed by atoms with E-state index >= 15 is 0 Å². The maximum absolute atomic E-state index is 12.7. The first-order valence-corrected chi connectivity index (χ1v) is 8.40. The summed E-state index contributed by atoms with van der Waals surface area (Å²) in [6, 6.07) is 7.10.